The smallest absolute Gasteiger partial charge is 0.326 e. The first-order valence-electron chi connectivity index (χ1n) is 6.31. The Bertz CT molecular complexity index is 271. The number of nitrogens with one attached hydrogen (secondary N) is 2. The fraction of sp³-hybridized carbons (Fsp3) is 0.833. The summed E-state index contributed by atoms with van der Waals surface area (Å²) in [4.78, 5) is 22.4. The molecule has 0 spiro atoms. The Morgan fingerprint density at radius 1 is 1.21 bits per heavy atom. The molecule has 0 fully saturated rings. The van der Waals surface area contributed by atoms with Gasteiger partial charge in [-0.2, -0.15) is 0 Å². The number of methoxy groups -OCH3 is 1. The molecule has 0 radical (unpaired) electrons. The highest BCUT2D eigenvalue weighted by atomic mass is 16.5. The van der Waals surface area contributed by atoms with Gasteiger partial charge in [0.1, 0.15) is 6.04 Å². The zero-order valence-corrected chi connectivity index (χ0v) is 11.8. The maximum atomic E-state index is 11.5. The number of rotatable bonds is 10. The lowest BCUT2D eigenvalue weighted by atomic mass is 10.0. The van der Waals surface area contributed by atoms with Crippen molar-refractivity contribution in [1.82, 2.24) is 10.6 Å². The minimum Gasteiger partial charge on any atom is -0.480 e. The molecule has 1 unspecified atom stereocenters. The Kier molecular flexibility index (Phi) is 9.82. The highest BCUT2D eigenvalue weighted by Crippen LogP contribution is 2.04. The third kappa shape index (κ3) is 10.3. The summed E-state index contributed by atoms with van der Waals surface area (Å²) in [5, 5.41) is 13.9. The van der Waals surface area contributed by atoms with E-state index in [1.807, 2.05) is 13.8 Å². The van der Waals surface area contributed by atoms with Crippen LogP contribution >= 0.6 is 0 Å². The van der Waals surface area contributed by atoms with Crippen molar-refractivity contribution in [2.45, 2.75) is 26.3 Å². The average molecular weight is 276 g/mol. The SMILES string of the molecule is COCCOCCNC(=O)NC(CC(C)C)C(=O)O. The fourth-order valence-corrected chi connectivity index (χ4v) is 1.38. The van der Waals surface area contributed by atoms with Gasteiger partial charge in [-0.3, -0.25) is 0 Å². The van der Waals surface area contributed by atoms with Crippen molar-refractivity contribution in [3.05, 3.63) is 0 Å². The van der Waals surface area contributed by atoms with Gasteiger partial charge in [0.15, 0.2) is 0 Å². The number of carbonyl (C=O) groups is 2. The molecule has 112 valence electrons. The van der Waals surface area contributed by atoms with Crippen LogP contribution in [0.15, 0.2) is 0 Å². The Balaban J connectivity index is 3.78. The molecule has 0 saturated heterocycles. The van der Waals surface area contributed by atoms with Gasteiger partial charge < -0.3 is 25.2 Å². The molecule has 7 nitrogen and oxygen atoms in total. The second-order valence-corrected chi connectivity index (χ2v) is 4.53. The van der Waals surface area contributed by atoms with Gasteiger partial charge >= 0.3 is 12.0 Å². The molecule has 1 atom stereocenters. The van der Waals surface area contributed by atoms with Crippen LogP contribution in [-0.4, -0.2) is 56.6 Å². The molecule has 0 bridgehead atoms. The van der Waals surface area contributed by atoms with Crippen LogP contribution in [0.5, 0.6) is 0 Å². The zero-order valence-electron chi connectivity index (χ0n) is 11.8. The van der Waals surface area contributed by atoms with E-state index in [0.717, 1.165) is 0 Å². The van der Waals surface area contributed by atoms with Gasteiger partial charge in [0, 0.05) is 13.7 Å². The van der Waals surface area contributed by atoms with E-state index in [-0.39, 0.29) is 5.92 Å². The van der Waals surface area contributed by atoms with Crippen LogP contribution in [0.25, 0.3) is 0 Å². The molecule has 0 aliphatic carbocycles. The lowest BCUT2D eigenvalue weighted by molar-refractivity contribution is -0.139. The Labute approximate surface area is 113 Å². The molecule has 0 aromatic heterocycles. The highest BCUT2D eigenvalue weighted by molar-refractivity contribution is 5.82. The number of carboxylic acids is 1. The van der Waals surface area contributed by atoms with Gasteiger partial charge in [-0.05, 0) is 12.3 Å². The van der Waals surface area contributed by atoms with Crippen LogP contribution in [-0.2, 0) is 14.3 Å². The molecule has 0 heterocycles. The molecule has 0 aliphatic rings. The number of carboxylic acid groups (broad SMARTS) is 1. The van der Waals surface area contributed by atoms with E-state index in [4.69, 9.17) is 14.6 Å². The van der Waals surface area contributed by atoms with Gasteiger partial charge in [-0.1, -0.05) is 13.8 Å². The molecule has 2 amide bonds. The van der Waals surface area contributed by atoms with Gasteiger partial charge in [-0.25, -0.2) is 9.59 Å². The number of urea groups is 1. The van der Waals surface area contributed by atoms with Crippen molar-refractivity contribution in [3.8, 4) is 0 Å². The second kappa shape index (κ2) is 10.6. The number of aliphatic carboxylic acids is 1. The van der Waals surface area contributed by atoms with E-state index in [1.54, 1.807) is 7.11 Å². The second-order valence-electron chi connectivity index (χ2n) is 4.53. The zero-order chi connectivity index (χ0) is 14.7. The van der Waals surface area contributed by atoms with Crippen LogP contribution in [0.1, 0.15) is 20.3 Å². The summed E-state index contributed by atoms with van der Waals surface area (Å²) in [7, 11) is 1.58. The average Bonchev–Trinajstić information content (AvgIpc) is 2.32. The monoisotopic (exact) mass is 276 g/mol. The fourth-order valence-electron chi connectivity index (χ4n) is 1.38. The summed E-state index contributed by atoms with van der Waals surface area (Å²) in [5.74, 6) is -0.834. The highest BCUT2D eigenvalue weighted by Gasteiger charge is 2.20. The van der Waals surface area contributed by atoms with E-state index in [9.17, 15) is 9.59 Å². The minimum atomic E-state index is -1.03. The Morgan fingerprint density at radius 3 is 2.42 bits per heavy atom. The van der Waals surface area contributed by atoms with Crippen LogP contribution in [0.3, 0.4) is 0 Å². The maximum Gasteiger partial charge on any atom is 0.326 e. The Morgan fingerprint density at radius 2 is 1.89 bits per heavy atom. The number of carbonyl (C=O) groups excluding carboxylic acids is 1. The van der Waals surface area contributed by atoms with Crippen molar-refractivity contribution in [1.29, 1.82) is 0 Å². The van der Waals surface area contributed by atoms with Gasteiger partial charge in [0.05, 0.1) is 19.8 Å². The minimum absolute atomic E-state index is 0.193. The van der Waals surface area contributed by atoms with Crippen LogP contribution in [0.2, 0.25) is 0 Å². The van der Waals surface area contributed by atoms with E-state index in [2.05, 4.69) is 10.6 Å². The topological polar surface area (TPSA) is 96.9 Å². The molecule has 0 aliphatic heterocycles. The molecule has 0 aromatic rings. The van der Waals surface area contributed by atoms with Crippen molar-refractivity contribution in [2.24, 2.45) is 5.92 Å². The van der Waals surface area contributed by atoms with E-state index >= 15 is 0 Å². The van der Waals surface area contributed by atoms with Crippen molar-refractivity contribution in [2.75, 3.05) is 33.5 Å². The van der Waals surface area contributed by atoms with Gasteiger partial charge in [-0.15, -0.1) is 0 Å². The maximum absolute atomic E-state index is 11.5. The van der Waals surface area contributed by atoms with E-state index < -0.39 is 18.0 Å². The normalized spacial score (nSPS) is 12.2. The quantitative estimate of drug-likeness (QED) is 0.503. The molecule has 3 N–H and O–H groups in total. The van der Waals surface area contributed by atoms with Gasteiger partial charge in [0.2, 0.25) is 0 Å². The lowest BCUT2D eigenvalue weighted by Crippen LogP contribution is -2.47. The standard InChI is InChI=1S/C12H24N2O5/c1-9(2)8-10(11(15)16)14-12(17)13-4-5-19-7-6-18-3/h9-10H,4-8H2,1-3H3,(H,15,16)(H2,13,14,17). The van der Waals surface area contributed by atoms with E-state index in [0.29, 0.717) is 32.8 Å². The molecular formula is C12H24N2O5. The third-order valence-electron chi connectivity index (χ3n) is 2.27. The number of hydrogen-bond acceptors (Lipinski definition) is 4. The summed E-state index contributed by atoms with van der Waals surface area (Å²) < 4.78 is 9.95. The molecule has 19 heavy (non-hydrogen) atoms. The summed E-state index contributed by atoms with van der Waals surface area (Å²) in [6.45, 7) is 5.45. The molecule has 0 rings (SSSR count). The van der Waals surface area contributed by atoms with E-state index in [1.165, 1.54) is 0 Å². The summed E-state index contributed by atoms with van der Waals surface area (Å²) in [5.41, 5.74) is 0. The summed E-state index contributed by atoms with van der Waals surface area (Å²) in [6, 6.07) is -1.36. The molecule has 7 heteroatoms. The number of ether oxygens (including phenoxy) is 2. The molecule has 0 aromatic carbocycles. The van der Waals surface area contributed by atoms with Crippen molar-refractivity contribution >= 4 is 12.0 Å². The predicted molar refractivity (Wildman–Crippen MR) is 70.1 cm³/mol. The van der Waals surface area contributed by atoms with Crippen LogP contribution in [0, 0.1) is 5.92 Å². The summed E-state index contributed by atoms with van der Waals surface area (Å²) in [6.07, 6.45) is 0.396. The van der Waals surface area contributed by atoms with Crippen LogP contribution < -0.4 is 10.6 Å². The molecule has 0 saturated carbocycles. The largest absolute Gasteiger partial charge is 0.480 e. The first-order chi connectivity index (χ1) is 8.97. The lowest BCUT2D eigenvalue weighted by Gasteiger charge is -2.16. The van der Waals surface area contributed by atoms with Crippen molar-refractivity contribution in [3.63, 3.8) is 0 Å². The summed E-state index contributed by atoms with van der Waals surface area (Å²) >= 11 is 0. The number of hydrogen-bond donors (Lipinski definition) is 3. The first-order valence-corrected chi connectivity index (χ1v) is 6.31. The predicted octanol–water partition coefficient (Wildman–Crippen LogP) is 0.448. The Hall–Kier alpha value is -1.34. The van der Waals surface area contributed by atoms with Crippen molar-refractivity contribution < 1.29 is 24.2 Å². The molecular weight excluding hydrogens is 252 g/mol. The first kappa shape index (κ1) is 17.7. The van der Waals surface area contributed by atoms with Crippen LogP contribution in [0.4, 0.5) is 4.79 Å². The van der Waals surface area contributed by atoms with Gasteiger partial charge in [0.25, 0.3) is 0 Å². The third-order valence-corrected chi connectivity index (χ3v) is 2.27. The number of amides is 2.